The van der Waals surface area contributed by atoms with Crippen LogP contribution in [0.25, 0.3) is 0 Å². The van der Waals surface area contributed by atoms with E-state index in [0.717, 1.165) is 0 Å². The number of nitrogens with one attached hydrogen (secondary N) is 1. The molecular weight excluding hydrogens is 290 g/mol. The van der Waals surface area contributed by atoms with Crippen molar-refractivity contribution in [3.63, 3.8) is 0 Å². The van der Waals surface area contributed by atoms with Crippen LogP contribution >= 0.6 is 0 Å². The summed E-state index contributed by atoms with van der Waals surface area (Å²) in [7, 11) is -0.295. The zero-order valence-electron chi connectivity index (χ0n) is 11.5. The van der Waals surface area contributed by atoms with E-state index in [9.17, 15) is 8.42 Å². The number of benzene rings is 1. The van der Waals surface area contributed by atoms with Crippen molar-refractivity contribution in [1.29, 1.82) is 5.26 Å². The van der Waals surface area contributed by atoms with Crippen LogP contribution in [0, 0.1) is 11.3 Å². The van der Waals surface area contributed by atoms with Crippen LogP contribution in [0.2, 0.25) is 0 Å². The summed E-state index contributed by atoms with van der Waals surface area (Å²) in [5.41, 5.74) is 0.309. The molecule has 1 heterocycles. The van der Waals surface area contributed by atoms with Crippen molar-refractivity contribution in [2.24, 2.45) is 0 Å². The van der Waals surface area contributed by atoms with Crippen LogP contribution < -0.4 is 9.62 Å². The molecule has 0 aliphatic rings. The highest BCUT2D eigenvalue weighted by Gasteiger charge is 2.18. The van der Waals surface area contributed by atoms with Crippen molar-refractivity contribution < 1.29 is 8.42 Å². The summed E-state index contributed by atoms with van der Waals surface area (Å²) in [6.07, 6.45) is 2.74. The van der Waals surface area contributed by atoms with Gasteiger partial charge in [0.15, 0.2) is 0 Å². The number of aromatic nitrogens is 2. The third-order valence-electron chi connectivity index (χ3n) is 2.59. The number of hydrogen-bond donors (Lipinski definition) is 1. The lowest BCUT2D eigenvalue weighted by Gasteiger charge is -2.11. The minimum atomic E-state index is -3.86. The van der Waals surface area contributed by atoms with Crippen LogP contribution in [-0.2, 0) is 10.0 Å². The Kier molecular flexibility index (Phi) is 4.05. The molecule has 2 aromatic rings. The molecule has 0 unspecified atom stereocenters. The molecule has 0 fully saturated rings. The van der Waals surface area contributed by atoms with Gasteiger partial charge in [0, 0.05) is 14.1 Å². The fraction of sp³-hybridized carbons (Fsp3) is 0.154. The second kappa shape index (κ2) is 5.76. The first-order valence-corrected chi connectivity index (χ1v) is 7.43. The van der Waals surface area contributed by atoms with E-state index in [1.807, 2.05) is 6.07 Å². The Bertz CT molecular complexity index is 779. The van der Waals surface area contributed by atoms with E-state index in [4.69, 9.17) is 5.26 Å². The number of sulfonamides is 1. The standard InChI is InChI=1S/C13H13N5O2S/c1-18(2)13-15-8-11(9-16-13)17-21(19,20)12-6-4-3-5-10(12)7-14/h3-6,8-9,17H,1-2H3. The van der Waals surface area contributed by atoms with Gasteiger partial charge in [-0.15, -0.1) is 0 Å². The molecule has 0 radical (unpaired) electrons. The summed E-state index contributed by atoms with van der Waals surface area (Å²) in [5, 5.41) is 8.97. The van der Waals surface area contributed by atoms with E-state index in [-0.39, 0.29) is 16.1 Å². The van der Waals surface area contributed by atoms with Gasteiger partial charge in [0.25, 0.3) is 10.0 Å². The van der Waals surface area contributed by atoms with Crippen LogP contribution in [0.5, 0.6) is 0 Å². The number of anilines is 2. The maximum Gasteiger partial charge on any atom is 0.263 e. The van der Waals surface area contributed by atoms with Crippen molar-refractivity contribution in [2.45, 2.75) is 4.90 Å². The highest BCUT2D eigenvalue weighted by molar-refractivity contribution is 7.92. The highest BCUT2D eigenvalue weighted by Crippen LogP contribution is 2.18. The van der Waals surface area contributed by atoms with Gasteiger partial charge in [-0.2, -0.15) is 5.26 Å². The Morgan fingerprint density at radius 1 is 1.19 bits per heavy atom. The Morgan fingerprint density at radius 3 is 2.38 bits per heavy atom. The predicted octanol–water partition coefficient (Wildman–Crippen LogP) is 1.22. The second-order valence-electron chi connectivity index (χ2n) is 4.38. The lowest BCUT2D eigenvalue weighted by Crippen LogP contribution is -2.16. The Morgan fingerprint density at radius 2 is 1.81 bits per heavy atom. The Balaban J connectivity index is 2.31. The van der Waals surface area contributed by atoms with Crippen molar-refractivity contribution in [3.05, 3.63) is 42.2 Å². The maximum atomic E-state index is 12.3. The maximum absolute atomic E-state index is 12.3. The lowest BCUT2D eigenvalue weighted by atomic mass is 10.2. The van der Waals surface area contributed by atoms with Gasteiger partial charge in [0.2, 0.25) is 5.95 Å². The molecule has 0 saturated heterocycles. The molecule has 0 bridgehead atoms. The van der Waals surface area contributed by atoms with E-state index in [1.54, 1.807) is 31.1 Å². The molecule has 0 spiro atoms. The first-order valence-electron chi connectivity index (χ1n) is 5.95. The van der Waals surface area contributed by atoms with Gasteiger partial charge in [0.1, 0.15) is 11.0 Å². The van der Waals surface area contributed by atoms with Crippen molar-refractivity contribution in [2.75, 3.05) is 23.7 Å². The molecule has 7 nitrogen and oxygen atoms in total. The summed E-state index contributed by atoms with van der Waals surface area (Å²) in [5.74, 6) is 0.468. The number of rotatable bonds is 4. The summed E-state index contributed by atoms with van der Waals surface area (Å²) in [6.45, 7) is 0. The summed E-state index contributed by atoms with van der Waals surface area (Å²) in [4.78, 5) is 9.66. The van der Waals surface area contributed by atoms with E-state index in [0.29, 0.717) is 5.95 Å². The fourth-order valence-corrected chi connectivity index (χ4v) is 2.79. The van der Waals surface area contributed by atoms with Crippen molar-refractivity contribution >= 4 is 21.7 Å². The quantitative estimate of drug-likeness (QED) is 0.911. The van der Waals surface area contributed by atoms with Gasteiger partial charge in [-0.25, -0.2) is 18.4 Å². The average Bonchev–Trinajstić information content (AvgIpc) is 2.47. The average molecular weight is 303 g/mol. The normalized spacial score (nSPS) is 10.7. The van der Waals surface area contributed by atoms with Gasteiger partial charge in [-0.3, -0.25) is 4.72 Å². The smallest absolute Gasteiger partial charge is 0.263 e. The first kappa shape index (κ1) is 14.7. The van der Waals surface area contributed by atoms with Gasteiger partial charge < -0.3 is 4.90 Å². The predicted molar refractivity (Wildman–Crippen MR) is 78.3 cm³/mol. The molecule has 8 heteroatoms. The van der Waals surface area contributed by atoms with Gasteiger partial charge in [-0.05, 0) is 12.1 Å². The molecule has 1 aromatic carbocycles. The molecule has 1 N–H and O–H groups in total. The van der Waals surface area contributed by atoms with Crippen molar-refractivity contribution in [1.82, 2.24) is 9.97 Å². The molecular formula is C13H13N5O2S. The summed E-state index contributed by atoms with van der Waals surface area (Å²) < 4.78 is 26.9. The van der Waals surface area contributed by atoms with Crippen LogP contribution in [0.1, 0.15) is 5.56 Å². The number of nitrogens with zero attached hydrogens (tertiary/aromatic N) is 4. The number of hydrogen-bond acceptors (Lipinski definition) is 6. The van der Waals surface area contributed by atoms with Gasteiger partial charge in [-0.1, -0.05) is 12.1 Å². The van der Waals surface area contributed by atoms with Gasteiger partial charge in [0.05, 0.1) is 23.6 Å². The monoisotopic (exact) mass is 303 g/mol. The molecule has 0 aliphatic heterocycles. The molecule has 1 aromatic heterocycles. The van der Waals surface area contributed by atoms with E-state index in [1.165, 1.54) is 24.5 Å². The Hall–Kier alpha value is -2.66. The van der Waals surface area contributed by atoms with Crippen LogP contribution in [0.15, 0.2) is 41.6 Å². The minimum absolute atomic E-state index is 0.0795. The third-order valence-corrected chi connectivity index (χ3v) is 4.03. The first-order chi connectivity index (χ1) is 9.94. The number of nitriles is 1. The van der Waals surface area contributed by atoms with Crippen LogP contribution in [0.4, 0.5) is 11.6 Å². The topological polar surface area (TPSA) is 99.0 Å². The molecule has 0 amide bonds. The van der Waals surface area contributed by atoms with Crippen LogP contribution in [-0.4, -0.2) is 32.5 Å². The molecule has 0 saturated carbocycles. The Labute approximate surface area is 122 Å². The second-order valence-corrected chi connectivity index (χ2v) is 6.03. The molecule has 0 aliphatic carbocycles. The molecule has 2 rings (SSSR count). The van der Waals surface area contributed by atoms with E-state index < -0.39 is 10.0 Å². The summed E-state index contributed by atoms with van der Waals surface area (Å²) in [6, 6.07) is 7.83. The van der Waals surface area contributed by atoms with Crippen LogP contribution in [0.3, 0.4) is 0 Å². The van der Waals surface area contributed by atoms with Crippen molar-refractivity contribution in [3.8, 4) is 6.07 Å². The van der Waals surface area contributed by atoms with E-state index in [2.05, 4.69) is 14.7 Å². The minimum Gasteiger partial charge on any atom is -0.347 e. The SMILES string of the molecule is CN(C)c1ncc(NS(=O)(=O)c2ccccc2C#N)cn1. The zero-order chi connectivity index (χ0) is 15.5. The fourth-order valence-electron chi connectivity index (χ4n) is 1.61. The molecule has 108 valence electrons. The molecule has 21 heavy (non-hydrogen) atoms. The largest absolute Gasteiger partial charge is 0.347 e. The highest BCUT2D eigenvalue weighted by atomic mass is 32.2. The van der Waals surface area contributed by atoms with E-state index >= 15 is 0 Å². The lowest BCUT2D eigenvalue weighted by molar-refractivity contribution is 0.601. The summed E-state index contributed by atoms with van der Waals surface area (Å²) >= 11 is 0. The zero-order valence-corrected chi connectivity index (χ0v) is 12.3. The molecule has 0 atom stereocenters. The van der Waals surface area contributed by atoms with Gasteiger partial charge >= 0.3 is 0 Å². The third kappa shape index (κ3) is 3.27.